The van der Waals surface area contributed by atoms with Gasteiger partial charge in [-0.1, -0.05) is 18.7 Å². The number of ketones is 1. The second-order valence-electron chi connectivity index (χ2n) is 3.24. The minimum Gasteiger partial charge on any atom is -0.295 e. The molecule has 0 amide bonds. The number of carbonyl (C=O) groups is 1. The van der Waals surface area contributed by atoms with Crippen LogP contribution in [0.4, 0.5) is 5.69 Å². The summed E-state index contributed by atoms with van der Waals surface area (Å²) in [6.07, 6.45) is 1.20. The van der Waals surface area contributed by atoms with Crippen LogP contribution < -0.4 is 0 Å². The van der Waals surface area contributed by atoms with Crippen LogP contribution in [0, 0.1) is 17.0 Å². The van der Waals surface area contributed by atoms with Crippen LogP contribution in [0.15, 0.2) is 30.9 Å². The van der Waals surface area contributed by atoms with Gasteiger partial charge in [0.1, 0.15) is 0 Å². The van der Waals surface area contributed by atoms with Crippen molar-refractivity contribution in [2.45, 2.75) is 13.3 Å². The van der Waals surface area contributed by atoms with Crippen LogP contribution in [-0.4, -0.2) is 10.7 Å². The number of benzene rings is 1. The molecule has 0 atom stereocenters. The van der Waals surface area contributed by atoms with E-state index in [1.54, 1.807) is 19.1 Å². The molecule has 0 saturated heterocycles. The molecule has 1 aromatic carbocycles. The molecule has 0 aromatic heterocycles. The summed E-state index contributed by atoms with van der Waals surface area (Å²) in [5, 5.41) is 10.7. The van der Waals surface area contributed by atoms with E-state index >= 15 is 0 Å². The minimum atomic E-state index is -0.474. The average Bonchev–Trinajstić information content (AvgIpc) is 2.20. The van der Waals surface area contributed by atoms with Crippen LogP contribution >= 0.6 is 0 Å². The van der Waals surface area contributed by atoms with Crippen molar-refractivity contribution in [2.75, 3.05) is 0 Å². The first kappa shape index (κ1) is 11.1. The second-order valence-corrected chi connectivity index (χ2v) is 3.24. The van der Waals surface area contributed by atoms with Crippen LogP contribution in [0.2, 0.25) is 0 Å². The third-order valence-corrected chi connectivity index (χ3v) is 2.03. The van der Waals surface area contributed by atoms with Crippen molar-refractivity contribution in [2.24, 2.45) is 0 Å². The Bertz CT molecular complexity index is 424. The largest absolute Gasteiger partial charge is 0.295 e. The first-order chi connectivity index (χ1) is 7.04. The fourth-order valence-corrected chi connectivity index (χ4v) is 1.25. The fraction of sp³-hybridized carbons (Fsp3) is 0.182. The summed E-state index contributed by atoms with van der Waals surface area (Å²) in [6.45, 7) is 5.10. The molecule has 15 heavy (non-hydrogen) atoms. The summed E-state index contributed by atoms with van der Waals surface area (Å²) >= 11 is 0. The number of nitrogens with zero attached hydrogens (tertiary/aromatic N) is 1. The van der Waals surface area contributed by atoms with Gasteiger partial charge in [-0.25, -0.2) is 0 Å². The Morgan fingerprint density at radius 3 is 2.80 bits per heavy atom. The lowest BCUT2D eigenvalue weighted by Crippen LogP contribution is -2.02. The normalized spacial score (nSPS) is 9.67. The highest BCUT2D eigenvalue weighted by Gasteiger charge is 2.14. The number of hydrogen-bond acceptors (Lipinski definition) is 3. The second kappa shape index (κ2) is 4.50. The van der Waals surface area contributed by atoms with Crippen molar-refractivity contribution in [3.63, 3.8) is 0 Å². The molecule has 0 saturated carbocycles. The van der Waals surface area contributed by atoms with E-state index in [4.69, 9.17) is 0 Å². The van der Waals surface area contributed by atoms with Gasteiger partial charge >= 0.3 is 0 Å². The molecule has 0 bridgehead atoms. The van der Waals surface area contributed by atoms with E-state index in [1.807, 2.05) is 0 Å². The van der Waals surface area contributed by atoms with E-state index in [0.717, 1.165) is 5.56 Å². The van der Waals surface area contributed by atoms with Crippen LogP contribution in [0.1, 0.15) is 11.1 Å². The molecule has 0 unspecified atom stereocenters. The minimum absolute atomic E-state index is 0.00907. The third kappa shape index (κ3) is 2.74. The Morgan fingerprint density at radius 2 is 2.27 bits per heavy atom. The van der Waals surface area contributed by atoms with E-state index in [-0.39, 0.29) is 17.9 Å². The van der Waals surface area contributed by atoms with Gasteiger partial charge in [0.2, 0.25) is 0 Å². The van der Waals surface area contributed by atoms with Crippen LogP contribution in [-0.2, 0) is 11.2 Å². The van der Waals surface area contributed by atoms with Gasteiger partial charge in [0.25, 0.3) is 5.69 Å². The molecule has 0 N–H and O–H groups in total. The Hall–Kier alpha value is -1.97. The Kier molecular flexibility index (Phi) is 3.33. The van der Waals surface area contributed by atoms with Gasteiger partial charge in [0.15, 0.2) is 5.78 Å². The fourth-order valence-electron chi connectivity index (χ4n) is 1.25. The van der Waals surface area contributed by atoms with E-state index in [9.17, 15) is 14.9 Å². The highest BCUT2D eigenvalue weighted by atomic mass is 16.6. The molecule has 0 heterocycles. The predicted octanol–water partition coefficient (Wildman–Crippen LogP) is 2.20. The monoisotopic (exact) mass is 205 g/mol. The molecule has 78 valence electrons. The van der Waals surface area contributed by atoms with E-state index in [1.165, 1.54) is 12.1 Å². The molecular formula is C11H11NO3. The topological polar surface area (TPSA) is 60.2 Å². The molecule has 0 aliphatic rings. The van der Waals surface area contributed by atoms with Crippen LogP contribution in [0.5, 0.6) is 0 Å². The Labute approximate surface area is 87.4 Å². The van der Waals surface area contributed by atoms with Crippen molar-refractivity contribution < 1.29 is 9.72 Å². The molecule has 0 aliphatic carbocycles. The van der Waals surface area contributed by atoms with Gasteiger partial charge in [0.05, 0.1) is 4.92 Å². The van der Waals surface area contributed by atoms with Gasteiger partial charge in [-0.2, -0.15) is 0 Å². The summed E-state index contributed by atoms with van der Waals surface area (Å²) < 4.78 is 0. The SMILES string of the molecule is C=CC(=O)Cc1ccc(C)cc1[N+](=O)[O-]. The zero-order valence-corrected chi connectivity index (χ0v) is 8.40. The number of aryl methyl sites for hydroxylation is 1. The summed E-state index contributed by atoms with van der Waals surface area (Å²) in [5.41, 5.74) is 1.22. The Morgan fingerprint density at radius 1 is 1.60 bits per heavy atom. The summed E-state index contributed by atoms with van der Waals surface area (Å²) in [6, 6.07) is 4.82. The van der Waals surface area contributed by atoms with Crippen molar-refractivity contribution in [1.82, 2.24) is 0 Å². The molecule has 0 spiro atoms. The maximum absolute atomic E-state index is 11.1. The quantitative estimate of drug-likeness (QED) is 0.430. The summed E-state index contributed by atoms with van der Waals surface area (Å²) in [7, 11) is 0. The number of nitro benzene ring substituents is 1. The van der Waals surface area contributed by atoms with Gasteiger partial charge in [0, 0.05) is 18.1 Å². The molecule has 4 nitrogen and oxygen atoms in total. The zero-order chi connectivity index (χ0) is 11.4. The van der Waals surface area contributed by atoms with E-state index < -0.39 is 4.92 Å². The summed E-state index contributed by atoms with van der Waals surface area (Å²) in [4.78, 5) is 21.3. The highest BCUT2D eigenvalue weighted by molar-refractivity contribution is 5.91. The highest BCUT2D eigenvalue weighted by Crippen LogP contribution is 2.20. The predicted molar refractivity (Wildman–Crippen MR) is 56.7 cm³/mol. The zero-order valence-electron chi connectivity index (χ0n) is 8.40. The molecule has 0 aliphatic heterocycles. The number of allylic oxidation sites excluding steroid dienone is 1. The number of nitro groups is 1. The average molecular weight is 205 g/mol. The lowest BCUT2D eigenvalue weighted by atomic mass is 10.0. The Balaban J connectivity index is 3.11. The lowest BCUT2D eigenvalue weighted by molar-refractivity contribution is -0.385. The molecule has 1 rings (SSSR count). The standard InChI is InChI=1S/C11H11NO3/c1-3-10(13)7-9-5-4-8(2)6-11(9)12(14)15/h3-6H,1,7H2,2H3. The molecule has 0 fully saturated rings. The molecule has 4 heteroatoms. The van der Waals surface area contributed by atoms with Crippen molar-refractivity contribution >= 4 is 11.5 Å². The molecule has 0 radical (unpaired) electrons. The molecule has 1 aromatic rings. The van der Waals surface area contributed by atoms with Crippen LogP contribution in [0.3, 0.4) is 0 Å². The van der Waals surface area contributed by atoms with Crippen molar-refractivity contribution in [3.05, 3.63) is 52.1 Å². The maximum atomic E-state index is 11.1. The third-order valence-electron chi connectivity index (χ3n) is 2.03. The smallest absolute Gasteiger partial charge is 0.273 e. The van der Waals surface area contributed by atoms with Gasteiger partial charge in [-0.05, 0) is 18.6 Å². The number of hydrogen-bond donors (Lipinski definition) is 0. The van der Waals surface area contributed by atoms with E-state index in [0.29, 0.717) is 5.56 Å². The first-order valence-corrected chi connectivity index (χ1v) is 4.43. The summed E-state index contributed by atoms with van der Waals surface area (Å²) in [5.74, 6) is -0.220. The maximum Gasteiger partial charge on any atom is 0.273 e. The number of rotatable bonds is 4. The first-order valence-electron chi connectivity index (χ1n) is 4.43. The van der Waals surface area contributed by atoms with E-state index in [2.05, 4.69) is 6.58 Å². The van der Waals surface area contributed by atoms with Gasteiger partial charge < -0.3 is 0 Å². The molecular weight excluding hydrogens is 194 g/mol. The van der Waals surface area contributed by atoms with Crippen molar-refractivity contribution in [3.8, 4) is 0 Å². The van der Waals surface area contributed by atoms with Crippen LogP contribution in [0.25, 0.3) is 0 Å². The van der Waals surface area contributed by atoms with Gasteiger partial charge in [-0.15, -0.1) is 0 Å². The lowest BCUT2D eigenvalue weighted by Gasteiger charge is -2.01. The number of carbonyl (C=O) groups excluding carboxylic acids is 1. The van der Waals surface area contributed by atoms with Gasteiger partial charge in [-0.3, -0.25) is 14.9 Å². The van der Waals surface area contributed by atoms with Crippen molar-refractivity contribution in [1.29, 1.82) is 0 Å².